The third-order valence-electron chi connectivity index (χ3n) is 4.76. The number of nitrogens with one attached hydrogen (secondary N) is 1. The van der Waals surface area contributed by atoms with E-state index < -0.39 is 0 Å². The summed E-state index contributed by atoms with van der Waals surface area (Å²) in [6.07, 6.45) is 5.24. The second kappa shape index (κ2) is 6.91. The van der Waals surface area contributed by atoms with E-state index in [9.17, 15) is 0 Å². The maximum absolute atomic E-state index is 3.87. The number of rotatable bonds is 5. The van der Waals surface area contributed by atoms with Crippen molar-refractivity contribution in [1.82, 2.24) is 5.32 Å². The molecule has 3 atom stereocenters. The predicted octanol–water partition coefficient (Wildman–Crippen LogP) is 4.75. The fraction of sp³-hybridized carbons (Fsp3) is 0.400. The third kappa shape index (κ3) is 3.74. The Morgan fingerprint density at radius 3 is 2.33 bits per heavy atom. The van der Waals surface area contributed by atoms with Crippen LogP contribution >= 0.6 is 0 Å². The first-order valence-electron chi connectivity index (χ1n) is 8.18. The zero-order valence-corrected chi connectivity index (χ0v) is 12.8. The van der Waals surface area contributed by atoms with Crippen LogP contribution in [0.15, 0.2) is 60.7 Å². The van der Waals surface area contributed by atoms with Gasteiger partial charge in [0.2, 0.25) is 0 Å². The third-order valence-corrected chi connectivity index (χ3v) is 4.76. The van der Waals surface area contributed by atoms with Crippen LogP contribution in [0.3, 0.4) is 0 Å². The smallest absolute Gasteiger partial charge is 0.0294 e. The van der Waals surface area contributed by atoms with Gasteiger partial charge < -0.3 is 5.32 Å². The van der Waals surface area contributed by atoms with Gasteiger partial charge in [0.25, 0.3) is 0 Å². The minimum atomic E-state index is 0.438. The van der Waals surface area contributed by atoms with Crippen LogP contribution in [-0.4, -0.2) is 6.04 Å². The zero-order valence-electron chi connectivity index (χ0n) is 12.8. The van der Waals surface area contributed by atoms with Crippen LogP contribution in [-0.2, 0) is 6.42 Å². The minimum Gasteiger partial charge on any atom is -0.307 e. The molecule has 1 aliphatic rings. The molecule has 21 heavy (non-hydrogen) atoms. The number of benzene rings is 2. The lowest BCUT2D eigenvalue weighted by Gasteiger charge is -2.25. The number of hydrogen-bond acceptors (Lipinski definition) is 1. The molecule has 1 nitrogen and oxygen atoms in total. The first-order valence-corrected chi connectivity index (χ1v) is 8.18. The molecule has 0 heterocycles. The maximum atomic E-state index is 3.87. The minimum absolute atomic E-state index is 0.438. The first kappa shape index (κ1) is 14.3. The molecule has 110 valence electrons. The van der Waals surface area contributed by atoms with Crippen molar-refractivity contribution in [2.75, 3.05) is 0 Å². The van der Waals surface area contributed by atoms with Crippen molar-refractivity contribution in [1.29, 1.82) is 0 Å². The fourth-order valence-corrected chi connectivity index (χ4v) is 3.58. The van der Waals surface area contributed by atoms with Gasteiger partial charge in [0.1, 0.15) is 0 Å². The molecule has 1 saturated carbocycles. The topological polar surface area (TPSA) is 12.0 Å². The molecule has 1 fully saturated rings. The van der Waals surface area contributed by atoms with Gasteiger partial charge in [0.05, 0.1) is 0 Å². The molecule has 0 aromatic heterocycles. The van der Waals surface area contributed by atoms with Crippen LogP contribution < -0.4 is 5.32 Å². The Kier molecular flexibility index (Phi) is 4.72. The Balaban J connectivity index is 1.62. The molecular weight excluding hydrogens is 254 g/mol. The molecule has 2 aromatic rings. The van der Waals surface area contributed by atoms with E-state index in [0.29, 0.717) is 12.1 Å². The van der Waals surface area contributed by atoms with Crippen LogP contribution in [0.1, 0.15) is 43.4 Å². The molecule has 1 aliphatic carbocycles. The van der Waals surface area contributed by atoms with E-state index in [-0.39, 0.29) is 0 Å². The summed E-state index contributed by atoms with van der Waals surface area (Å²) in [6, 6.07) is 22.8. The SMILES string of the molecule is CC(N[C@H]1CCC[C@H]1Cc1ccccc1)c1ccccc1. The first-order chi connectivity index (χ1) is 10.3. The molecule has 1 N–H and O–H groups in total. The van der Waals surface area contributed by atoms with Crippen LogP contribution in [0.25, 0.3) is 0 Å². The summed E-state index contributed by atoms with van der Waals surface area (Å²) >= 11 is 0. The van der Waals surface area contributed by atoms with E-state index >= 15 is 0 Å². The molecule has 0 aliphatic heterocycles. The Labute approximate surface area is 128 Å². The average molecular weight is 279 g/mol. The largest absolute Gasteiger partial charge is 0.307 e. The lowest BCUT2D eigenvalue weighted by atomic mass is 9.93. The van der Waals surface area contributed by atoms with E-state index in [2.05, 4.69) is 72.9 Å². The van der Waals surface area contributed by atoms with Crippen molar-refractivity contribution < 1.29 is 0 Å². The molecule has 0 spiro atoms. The van der Waals surface area contributed by atoms with E-state index in [0.717, 1.165) is 5.92 Å². The van der Waals surface area contributed by atoms with Gasteiger partial charge in [-0.1, -0.05) is 67.1 Å². The second-order valence-electron chi connectivity index (χ2n) is 6.29. The van der Waals surface area contributed by atoms with Crippen molar-refractivity contribution in [2.24, 2.45) is 5.92 Å². The molecule has 0 bridgehead atoms. The van der Waals surface area contributed by atoms with E-state index in [4.69, 9.17) is 0 Å². The molecule has 0 saturated heterocycles. The quantitative estimate of drug-likeness (QED) is 0.833. The van der Waals surface area contributed by atoms with E-state index in [1.165, 1.54) is 36.8 Å². The Bertz CT molecular complexity index is 534. The molecular formula is C20H25N. The Morgan fingerprint density at radius 2 is 1.62 bits per heavy atom. The van der Waals surface area contributed by atoms with Gasteiger partial charge in [0.15, 0.2) is 0 Å². The molecule has 2 aromatic carbocycles. The summed E-state index contributed by atoms with van der Waals surface area (Å²) < 4.78 is 0. The summed E-state index contributed by atoms with van der Waals surface area (Å²) in [7, 11) is 0. The highest BCUT2D eigenvalue weighted by Crippen LogP contribution is 2.30. The Hall–Kier alpha value is -1.60. The maximum Gasteiger partial charge on any atom is 0.0294 e. The molecule has 0 radical (unpaired) electrons. The summed E-state index contributed by atoms with van der Waals surface area (Å²) in [5, 5.41) is 3.87. The van der Waals surface area contributed by atoms with Crippen molar-refractivity contribution in [2.45, 2.75) is 44.7 Å². The lowest BCUT2D eigenvalue weighted by molar-refractivity contribution is 0.366. The summed E-state index contributed by atoms with van der Waals surface area (Å²) in [5.74, 6) is 0.776. The molecule has 1 unspecified atom stereocenters. The van der Waals surface area contributed by atoms with Crippen molar-refractivity contribution in [3.05, 3.63) is 71.8 Å². The fourth-order valence-electron chi connectivity index (χ4n) is 3.58. The van der Waals surface area contributed by atoms with Crippen molar-refractivity contribution in [3.63, 3.8) is 0 Å². The van der Waals surface area contributed by atoms with Crippen molar-refractivity contribution >= 4 is 0 Å². The molecule has 3 rings (SSSR count). The van der Waals surface area contributed by atoms with Crippen LogP contribution in [0.2, 0.25) is 0 Å². The van der Waals surface area contributed by atoms with Gasteiger partial charge in [0, 0.05) is 12.1 Å². The second-order valence-corrected chi connectivity index (χ2v) is 6.29. The standard InChI is InChI=1S/C20H25N/c1-16(18-11-6-3-7-12-18)21-20-14-8-13-19(20)15-17-9-4-2-5-10-17/h2-7,9-12,16,19-21H,8,13-15H2,1H3/t16?,19-,20-/m0/s1. The summed E-state index contributed by atoms with van der Waals surface area (Å²) in [4.78, 5) is 0. The highest BCUT2D eigenvalue weighted by atomic mass is 15.0. The van der Waals surface area contributed by atoms with Gasteiger partial charge in [-0.2, -0.15) is 0 Å². The lowest BCUT2D eigenvalue weighted by Crippen LogP contribution is -2.35. The normalized spacial score (nSPS) is 23.1. The average Bonchev–Trinajstić information content (AvgIpc) is 2.96. The zero-order chi connectivity index (χ0) is 14.5. The van der Waals surface area contributed by atoms with Crippen LogP contribution in [0, 0.1) is 5.92 Å². The van der Waals surface area contributed by atoms with Gasteiger partial charge in [-0.25, -0.2) is 0 Å². The highest BCUT2D eigenvalue weighted by molar-refractivity contribution is 5.19. The highest BCUT2D eigenvalue weighted by Gasteiger charge is 2.28. The van der Waals surface area contributed by atoms with Crippen molar-refractivity contribution in [3.8, 4) is 0 Å². The molecule has 0 amide bonds. The van der Waals surface area contributed by atoms with E-state index in [1.54, 1.807) is 0 Å². The monoisotopic (exact) mass is 279 g/mol. The summed E-state index contributed by atoms with van der Waals surface area (Å²) in [6.45, 7) is 2.28. The van der Waals surface area contributed by atoms with Crippen LogP contribution in [0.5, 0.6) is 0 Å². The summed E-state index contributed by atoms with van der Waals surface area (Å²) in [5.41, 5.74) is 2.87. The van der Waals surface area contributed by atoms with Crippen LogP contribution in [0.4, 0.5) is 0 Å². The predicted molar refractivity (Wildman–Crippen MR) is 89.3 cm³/mol. The van der Waals surface area contributed by atoms with E-state index in [1.807, 2.05) is 0 Å². The number of hydrogen-bond donors (Lipinski definition) is 1. The molecule has 1 heteroatoms. The van der Waals surface area contributed by atoms with Gasteiger partial charge in [-0.05, 0) is 43.2 Å². The van der Waals surface area contributed by atoms with Gasteiger partial charge >= 0.3 is 0 Å². The Morgan fingerprint density at radius 1 is 0.952 bits per heavy atom. The van der Waals surface area contributed by atoms with Gasteiger partial charge in [-0.15, -0.1) is 0 Å². The van der Waals surface area contributed by atoms with Gasteiger partial charge in [-0.3, -0.25) is 0 Å².